The lowest BCUT2D eigenvalue weighted by Crippen LogP contribution is -2.02. The molecule has 2 N–H and O–H groups in total. The quantitative estimate of drug-likeness (QED) is 0.744. The molecule has 0 aliphatic rings. The lowest BCUT2D eigenvalue weighted by Gasteiger charge is -2.15. The summed E-state index contributed by atoms with van der Waals surface area (Å²) in [5, 5.41) is 1.43. The molecule has 21 heavy (non-hydrogen) atoms. The zero-order valence-corrected chi connectivity index (χ0v) is 13.9. The molecule has 4 heteroatoms. The Hall–Kier alpha value is -1.38. The molecule has 0 saturated heterocycles. The molecule has 0 aromatic heterocycles. The van der Waals surface area contributed by atoms with E-state index in [2.05, 4.69) is 13.8 Å². The van der Waals surface area contributed by atoms with Gasteiger partial charge in [0.15, 0.2) is 0 Å². The summed E-state index contributed by atoms with van der Waals surface area (Å²) in [7, 11) is 0. The molecule has 0 unspecified atom stereocenters. The average Bonchev–Trinajstić information content (AvgIpc) is 2.41. The molecule has 2 rings (SSSR count). The Balaban J connectivity index is 2.23. The van der Waals surface area contributed by atoms with E-state index in [0.29, 0.717) is 23.2 Å². The van der Waals surface area contributed by atoms with E-state index in [9.17, 15) is 0 Å². The van der Waals surface area contributed by atoms with Crippen molar-refractivity contribution in [3.63, 3.8) is 0 Å². The minimum atomic E-state index is 0.344. The molecule has 0 saturated carbocycles. The fourth-order valence-electron chi connectivity index (χ4n) is 2.12. The van der Waals surface area contributed by atoms with Crippen molar-refractivity contribution in [1.82, 2.24) is 0 Å². The van der Waals surface area contributed by atoms with Crippen LogP contribution in [0.5, 0.6) is 5.75 Å². The van der Waals surface area contributed by atoms with Gasteiger partial charge < -0.3 is 10.5 Å². The lowest BCUT2D eigenvalue weighted by molar-refractivity contribution is 0.304. The highest BCUT2D eigenvalue weighted by molar-refractivity contribution is 6.31. The van der Waals surface area contributed by atoms with Gasteiger partial charge in [0.25, 0.3) is 0 Å². The lowest BCUT2D eigenvalue weighted by atomic mass is 10.0. The smallest absolute Gasteiger partial charge is 0.123 e. The minimum Gasteiger partial charge on any atom is -0.489 e. The maximum Gasteiger partial charge on any atom is 0.123 e. The first-order valence-corrected chi connectivity index (χ1v) is 7.61. The SMILES string of the molecule is Cc1cc(Cl)c(C(C)C)cc1OCc1cc(Cl)ccc1N. The normalized spacial score (nSPS) is 11.0. The second-order valence-electron chi connectivity index (χ2n) is 5.43. The van der Waals surface area contributed by atoms with E-state index in [-0.39, 0.29) is 0 Å². The monoisotopic (exact) mass is 323 g/mol. The van der Waals surface area contributed by atoms with Gasteiger partial charge in [0.05, 0.1) is 0 Å². The van der Waals surface area contributed by atoms with Crippen LogP contribution < -0.4 is 10.5 Å². The largest absolute Gasteiger partial charge is 0.489 e. The molecule has 2 aromatic rings. The van der Waals surface area contributed by atoms with Crippen molar-refractivity contribution in [2.45, 2.75) is 33.3 Å². The fraction of sp³-hybridized carbons (Fsp3) is 0.294. The van der Waals surface area contributed by atoms with Crippen molar-refractivity contribution in [3.05, 3.63) is 57.1 Å². The van der Waals surface area contributed by atoms with Crippen LogP contribution in [-0.4, -0.2) is 0 Å². The van der Waals surface area contributed by atoms with Gasteiger partial charge in [-0.1, -0.05) is 37.0 Å². The summed E-state index contributed by atoms with van der Waals surface area (Å²) >= 11 is 12.3. The van der Waals surface area contributed by atoms with E-state index in [1.165, 1.54) is 0 Å². The van der Waals surface area contributed by atoms with E-state index in [1.54, 1.807) is 12.1 Å². The number of nitrogens with two attached hydrogens (primary N) is 1. The molecule has 0 radical (unpaired) electrons. The molecular formula is C17H19Cl2NO. The number of aryl methyl sites for hydroxylation is 1. The van der Waals surface area contributed by atoms with Gasteiger partial charge in [0, 0.05) is 21.3 Å². The molecular weight excluding hydrogens is 305 g/mol. The number of benzene rings is 2. The van der Waals surface area contributed by atoms with Crippen molar-refractivity contribution in [1.29, 1.82) is 0 Å². The third-order valence-corrected chi connectivity index (χ3v) is 3.97. The van der Waals surface area contributed by atoms with Crippen LogP contribution in [-0.2, 0) is 6.61 Å². The summed E-state index contributed by atoms with van der Waals surface area (Å²) in [6, 6.07) is 9.32. The van der Waals surface area contributed by atoms with Crippen molar-refractivity contribution in [3.8, 4) is 5.75 Å². The summed E-state index contributed by atoms with van der Waals surface area (Å²) in [5.74, 6) is 1.17. The maximum absolute atomic E-state index is 6.27. The minimum absolute atomic E-state index is 0.344. The Morgan fingerprint density at radius 1 is 1.14 bits per heavy atom. The second-order valence-corrected chi connectivity index (χ2v) is 6.27. The third kappa shape index (κ3) is 3.84. The molecule has 2 aromatic carbocycles. The molecule has 0 bridgehead atoms. The van der Waals surface area contributed by atoms with Gasteiger partial charge in [0.2, 0.25) is 0 Å². The molecule has 0 fully saturated rings. The number of ether oxygens (including phenoxy) is 1. The average molecular weight is 324 g/mol. The van der Waals surface area contributed by atoms with E-state index >= 15 is 0 Å². The van der Waals surface area contributed by atoms with Gasteiger partial charge in [-0.2, -0.15) is 0 Å². The molecule has 0 aliphatic carbocycles. The van der Waals surface area contributed by atoms with Gasteiger partial charge in [-0.05, 0) is 54.3 Å². The summed E-state index contributed by atoms with van der Waals surface area (Å²) in [5.41, 5.74) is 9.57. The first kappa shape index (κ1) is 16.0. The third-order valence-electron chi connectivity index (χ3n) is 3.40. The number of rotatable bonds is 4. The predicted molar refractivity (Wildman–Crippen MR) is 90.5 cm³/mol. The van der Waals surface area contributed by atoms with E-state index in [1.807, 2.05) is 25.1 Å². The highest BCUT2D eigenvalue weighted by Gasteiger charge is 2.11. The Kier molecular flexibility index (Phi) is 5.02. The molecule has 0 spiro atoms. The Morgan fingerprint density at radius 3 is 2.52 bits per heavy atom. The number of nitrogen functional groups attached to an aromatic ring is 1. The Morgan fingerprint density at radius 2 is 1.86 bits per heavy atom. The number of anilines is 1. The molecule has 0 amide bonds. The topological polar surface area (TPSA) is 35.2 Å². The first-order chi connectivity index (χ1) is 9.88. The van der Waals surface area contributed by atoms with Crippen molar-refractivity contribution < 1.29 is 4.74 Å². The molecule has 112 valence electrons. The molecule has 2 nitrogen and oxygen atoms in total. The Labute approximate surface area is 135 Å². The van der Waals surface area contributed by atoms with Crippen LogP contribution >= 0.6 is 23.2 Å². The zero-order valence-electron chi connectivity index (χ0n) is 12.4. The summed E-state index contributed by atoms with van der Waals surface area (Å²) in [4.78, 5) is 0. The van der Waals surface area contributed by atoms with Crippen LogP contribution in [0.25, 0.3) is 0 Å². The second kappa shape index (κ2) is 6.59. The van der Waals surface area contributed by atoms with Gasteiger partial charge in [0.1, 0.15) is 12.4 Å². The molecule has 0 heterocycles. The maximum atomic E-state index is 6.27. The first-order valence-electron chi connectivity index (χ1n) is 6.85. The van der Waals surface area contributed by atoms with Crippen LogP contribution in [0.4, 0.5) is 5.69 Å². The Bertz CT molecular complexity index is 653. The van der Waals surface area contributed by atoms with Crippen LogP contribution in [0.3, 0.4) is 0 Å². The van der Waals surface area contributed by atoms with Gasteiger partial charge in [-0.15, -0.1) is 0 Å². The molecule has 0 aliphatic heterocycles. The predicted octanol–water partition coefficient (Wildman–Crippen LogP) is 5.59. The van der Waals surface area contributed by atoms with Crippen LogP contribution in [0.1, 0.15) is 36.5 Å². The summed E-state index contributed by atoms with van der Waals surface area (Å²) in [6.45, 7) is 6.57. The van der Waals surface area contributed by atoms with Gasteiger partial charge >= 0.3 is 0 Å². The zero-order chi connectivity index (χ0) is 15.6. The van der Waals surface area contributed by atoms with Crippen molar-refractivity contribution in [2.75, 3.05) is 5.73 Å². The fourth-order valence-corrected chi connectivity index (χ4v) is 2.75. The number of halogens is 2. The number of hydrogen-bond donors (Lipinski definition) is 1. The molecule has 0 atom stereocenters. The number of hydrogen-bond acceptors (Lipinski definition) is 2. The van der Waals surface area contributed by atoms with Crippen molar-refractivity contribution in [2.24, 2.45) is 0 Å². The van der Waals surface area contributed by atoms with Crippen LogP contribution in [0.2, 0.25) is 10.0 Å². The standard InChI is InChI=1S/C17H19Cl2NO/c1-10(2)14-8-17(11(3)6-15(14)19)21-9-12-7-13(18)4-5-16(12)20/h4-8,10H,9,20H2,1-3H3. The van der Waals surface area contributed by atoms with E-state index < -0.39 is 0 Å². The van der Waals surface area contributed by atoms with Crippen LogP contribution in [0, 0.1) is 6.92 Å². The van der Waals surface area contributed by atoms with Crippen molar-refractivity contribution >= 4 is 28.9 Å². The van der Waals surface area contributed by atoms with Crippen LogP contribution in [0.15, 0.2) is 30.3 Å². The highest BCUT2D eigenvalue weighted by atomic mass is 35.5. The van der Waals surface area contributed by atoms with E-state index in [0.717, 1.165) is 27.5 Å². The van der Waals surface area contributed by atoms with Gasteiger partial charge in [-0.3, -0.25) is 0 Å². The summed E-state index contributed by atoms with van der Waals surface area (Å²) in [6.07, 6.45) is 0. The summed E-state index contributed by atoms with van der Waals surface area (Å²) < 4.78 is 5.91. The van der Waals surface area contributed by atoms with Gasteiger partial charge in [-0.25, -0.2) is 0 Å². The highest BCUT2D eigenvalue weighted by Crippen LogP contribution is 2.32. The van der Waals surface area contributed by atoms with E-state index in [4.69, 9.17) is 33.7 Å².